The molecule has 3 aromatic heterocycles. The maximum Gasteiger partial charge on any atom is 0.410 e. The number of carbonyl (C=O) groups is 1. The molecule has 2 aliphatic heterocycles. The van der Waals surface area contributed by atoms with Crippen LogP contribution in [0, 0.1) is 0 Å². The minimum Gasteiger partial charge on any atom is -0.444 e. The van der Waals surface area contributed by atoms with E-state index in [9.17, 15) is 4.79 Å². The van der Waals surface area contributed by atoms with E-state index in [1.165, 1.54) is 7.11 Å². The molecule has 2 fully saturated rings. The van der Waals surface area contributed by atoms with Crippen LogP contribution in [0.4, 0.5) is 10.6 Å². The van der Waals surface area contributed by atoms with Crippen LogP contribution in [0.15, 0.2) is 54.9 Å². The summed E-state index contributed by atoms with van der Waals surface area (Å²) in [6, 6.07) is 16.5. The van der Waals surface area contributed by atoms with Gasteiger partial charge >= 0.3 is 6.09 Å². The van der Waals surface area contributed by atoms with E-state index in [0.29, 0.717) is 32.3 Å². The standard InChI is InChI=1S/C43H64N6O6Si2/c1-43(2,3)55-42(50)48-34-17-18-35(48)25-33(24-34)39-37(28-54-51-4)41(47(29-52-20-22-56(5,6)7)30-53-21-23-57(8,9)10)49-40(46-39)36(27-45-49)32-16-19-38(44-26-32)31-14-12-11-13-15-31/h11-16,19,26-27,33-35H,17-18,20-25,28-30H2,1-10H3/t33?,34-,35+. The van der Waals surface area contributed by atoms with Gasteiger partial charge in [0.25, 0.3) is 0 Å². The third kappa shape index (κ3) is 11.1. The first-order valence-electron chi connectivity index (χ1n) is 20.5. The Bertz CT molecular complexity index is 1900. The molecule has 0 N–H and O–H groups in total. The zero-order chi connectivity index (χ0) is 41.0. The van der Waals surface area contributed by atoms with E-state index in [2.05, 4.69) is 62.4 Å². The maximum atomic E-state index is 13.5. The van der Waals surface area contributed by atoms with Crippen LogP contribution in [0.25, 0.3) is 28.0 Å². The van der Waals surface area contributed by atoms with Crippen molar-refractivity contribution in [3.05, 3.63) is 66.1 Å². The third-order valence-corrected chi connectivity index (χ3v) is 14.1. The molecular weight excluding hydrogens is 753 g/mol. The number of nitrogens with zero attached hydrogens (tertiary/aromatic N) is 6. The predicted octanol–water partition coefficient (Wildman–Crippen LogP) is 9.61. The zero-order valence-corrected chi connectivity index (χ0v) is 37.8. The Kier molecular flexibility index (Phi) is 13.6. The Hall–Kier alpha value is -3.67. The summed E-state index contributed by atoms with van der Waals surface area (Å²) < 4.78 is 20.8. The molecule has 1 amide bonds. The third-order valence-electron chi connectivity index (χ3n) is 10.7. The minimum absolute atomic E-state index is 0.0455. The number of rotatable bonds is 17. The van der Waals surface area contributed by atoms with Crippen molar-refractivity contribution in [3.8, 4) is 22.4 Å². The number of aromatic nitrogens is 4. The van der Waals surface area contributed by atoms with Gasteiger partial charge in [0.15, 0.2) is 5.65 Å². The molecule has 12 nitrogen and oxygen atoms in total. The second-order valence-electron chi connectivity index (χ2n) is 19.0. The number of ether oxygens (including phenoxy) is 3. The van der Waals surface area contributed by atoms with Crippen molar-refractivity contribution in [1.82, 2.24) is 24.5 Å². The SMILES string of the molecule is COOCc1c(C2C[C@H]3CC[C@@H](C2)N3C(=O)OC(C)(C)C)nc2c(-c3ccc(-c4ccccc4)nc3)cnn2c1N(COCC[Si](C)(C)C)COCC[Si](C)(C)C. The van der Waals surface area contributed by atoms with Gasteiger partial charge in [0.2, 0.25) is 0 Å². The molecular formula is C43H64N6O6Si2. The van der Waals surface area contributed by atoms with E-state index in [-0.39, 0.29) is 30.7 Å². The quantitative estimate of drug-likeness (QED) is 0.0336. The molecule has 5 heterocycles. The van der Waals surface area contributed by atoms with Crippen LogP contribution in [-0.2, 0) is 30.6 Å². The van der Waals surface area contributed by atoms with Crippen molar-refractivity contribution in [2.45, 2.75) is 128 Å². The smallest absolute Gasteiger partial charge is 0.410 e. The van der Waals surface area contributed by atoms with Crippen LogP contribution in [0.3, 0.4) is 0 Å². The van der Waals surface area contributed by atoms with Crippen molar-refractivity contribution in [2.24, 2.45) is 0 Å². The maximum absolute atomic E-state index is 13.5. The Balaban J connectivity index is 1.45. The van der Waals surface area contributed by atoms with Gasteiger partial charge in [-0.05, 0) is 64.6 Å². The highest BCUT2D eigenvalue weighted by atomic mass is 28.3. The van der Waals surface area contributed by atoms with Crippen LogP contribution >= 0.6 is 0 Å². The number of anilines is 1. The summed E-state index contributed by atoms with van der Waals surface area (Å²) >= 11 is 0. The summed E-state index contributed by atoms with van der Waals surface area (Å²) in [7, 11) is -1.14. The number of amides is 1. The number of fused-ring (bicyclic) bond motifs is 3. The molecule has 2 bridgehead atoms. The molecule has 310 valence electrons. The Morgan fingerprint density at radius 2 is 1.49 bits per heavy atom. The number of pyridine rings is 1. The molecule has 0 saturated carbocycles. The molecule has 2 saturated heterocycles. The number of piperidine rings is 1. The van der Waals surface area contributed by atoms with Crippen molar-refractivity contribution in [3.63, 3.8) is 0 Å². The summed E-state index contributed by atoms with van der Waals surface area (Å²) in [5.74, 6) is 0.847. The monoisotopic (exact) mass is 816 g/mol. The first kappa shape index (κ1) is 42.9. The van der Waals surface area contributed by atoms with Gasteiger partial charge in [-0.25, -0.2) is 19.6 Å². The summed E-state index contributed by atoms with van der Waals surface area (Å²) in [4.78, 5) is 39.1. The van der Waals surface area contributed by atoms with Gasteiger partial charge in [-0.2, -0.15) is 9.61 Å². The number of hydrogen-bond acceptors (Lipinski definition) is 10. The van der Waals surface area contributed by atoms with Gasteiger partial charge in [-0.1, -0.05) is 75.7 Å². The highest BCUT2D eigenvalue weighted by Crippen LogP contribution is 2.46. The highest BCUT2D eigenvalue weighted by molar-refractivity contribution is 6.76. The molecule has 2 aliphatic rings. The van der Waals surface area contributed by atoms with E-state index < -0.39 is 21.7 Å². The molecule has 1 aromatic carbocycles. The van der Waals surface area contributed by atoms with E-state index in [1.807, 2.05) is 66.8 Å². The lowest BCUT2D eigenvalue weighted by atomic mass is 9.86. The second-order valence-corrected chi connectivity index (χ2v) is 30.2. The average molecular weight is 817 g/mol. The normalized spacial score (nSPS) is 18.7. The van der Waals surface area contributed by atoms with E-state index in [4.69, 9.17) is 39.1 Å². The summed E-state index contributed by atoms with van der Waals surface area (Å²) in [6.07, 6.45) is 6.92. The zero-order valence-electron chi connectivity index (χ0n) is 35.8. The molecule has 14 heteroatoms. The van der Waals surface area contributed by atoms with Crippen LogP contribution in [0.5, 0.6) is 0 Å². The Morgan fingerprint density at radius 3 is 2.04 bits per heavy atom. The van der Waals surface area contributed by atoms with Gasteiger partial charge in [0.1, 0.15) is 31.5 Å². The topological polar surface area (TPSA) is 113 Å². The van der Waals surface area contributed by atoms with Crippen LogP contribution in [0.2, 0.25) is 51.4 Å². The Morgan fingerprint density at radius 1 is 0.860 bits per heavy atom. The first-order chi connectivity index (χ1) is 27.0. The molecule has 1 unspecified atom stereocenters. The molecule has 6 rings (SSSR count). The molecule has 0 radical (unpaired) electrons. The van der Waals surface area contributed by atoms with Crippen molar-refractivity contribution >= 4 is 33.7 Å². The lowest BCUT2D eigenvalue weighted by molar-refractivity contribution is -0.282. The minimum atomic E-state index is -1.34. The largest absolute Gasteiger partial charge is 0.444 e. The predicted molar refractivity (Wildman–Crippen MR) is 231 cm³/mol. The highest BCUT2D eigenvalue weighted by Gasteiger charge is 2.46. The summed E-state index contributed by atoms with van der Waals surface area (Å²) in [5.41, 5.74) is 5.68. The van der Waals surface area contributed by atoms with Crippen LogP contribution < -0.4 is 4.90 Å². The van der Waals surface area contributed by atoms with Gasteiger partial charge in [-0.3, -0.25) is 4.98 Å². The van der Waals surface area contributed by atoms with Crippen LogP contribution in [-0.4, -0.2) is 98.2 Å². The van der Waals surface area contributed by atoms with E-state index in [1.54, 1.807) is 0 Å². The van der Waals surface area contributed by atoms with E-state index >= 15 is 0 Å². The molecule has 3 atom stereocenters. The van der Waals surface area contributed by atoms with Crippen molar-refractivity contribution in [2.75, 3.05) is 38.7 Å². The lowest BCUT2D eigenvalue weighted by Gasteiger charge is -2.40. The summed E-state index contributed by atoms with van der Waals surface area (Å²) in [6.45, 7) is 22.0. The molecule has 0 aliphatic carbocycles. The fourth-order valence-electron chi connectivity index (χ4n) is 7.76. The number of benzene rings is 1. The first-order valence-corrected chi connectivity index (χ1v) is 27.9. The van der Waals surface area contributed by atoms with E-state index in [0.717, 1.165) is 77.2 Å². The molecule has 4 aromatic rings. The van der Waals surface area contributed by atoms with Gasteiger partial charge < -0.3 is 24.0 Å². The molecule has 0 spiro atoms. The van der Waals surface area contributed by atoms with Crippen molar-refractivity contribution < 1.29 is 28.8 Å². The lowest BCUT2D eigenvalue weighted by Crippen LogP contribution is -2.48. The fourth-order valence-corrected chi connectivity index (χ4v) is 9.28. The Labute approximate surface area is 341 Å². The average Bonchev–Trinajstić information content (AvgIpc) is 3.69. The van der Waals surface area contributed by atoms with Gasteiger partial charge in [0.05, 0.1) is 24.7 Å². The van der Waals surface area contributed by atoms with Crippen LogP contribution in [0.1, 0.15) is 63.6 Å². The number of hydrogen-bond donors (Lipinski definition) is 0. The van der Waals surface area contributed by atoms with Gasteiger partial charge in [0, 0.05) is 75.8 Å². The molecule has 57 heavy (non-hydrogen) atoms. The summed E-state index contributed by atoms with van der Waals surface area (Å²) in [5, 5.41) is 5.02. The van der Waals surface area contributed by atoms with Crippen molar-refractivity contribution in [1.29, 1.82) is 0 Å². The second kappa shape index (κ2) is 18.1. The van der Waals surface area contributed by atoms with Gasteiger partial charge in [-0.15, -0.1) is 0 Å². The fraction of sp³-hybridized carbons (Fsp3) is 0.581. The number of carbonyl (C=O) groups excluding carboxylic acids is 1.